The summed E-state index contributed by atoms with van der Waals surface area (Å²) in [5.41, 5.74) is 3.45. The number of piperidine rings is 1. The Hall–Kier alpha value is -3.17. The van der Waals surface area contributed by atoms with Crippen LogP contribution in [0.5, 0.6) is 11.5 Å². The second-order valence-electron chi connectivity index (χ2n) is 9.50. The van der Waals surface area contributed by atoms with Gasteiger partial charge in [0.2, 0.25) is 0 Å². The number of fused-ring (bicyclic) bond motifs is 1. The average Bonchev–Trinajstić information content (AvgIpc) is 3.24. The summed E-state index contributed by atoms with van der Waals surface area (Å²) in [5.74, 6) is 1.71. The van der Waals surface area contributed by atoms with Crippen molar-refractivity contribution >= 4 is 11.2 Å². The lowest BCUT2D eigenvalue weighted by Crippen LogP contribution is -2.44. The highest BCUT2D eigenvalue weighted by Gasteiger charge is 2.29. The summed E-state index contributed by atoms with van der Waals surface area (Å²) in [5, 5.41) is 3.70. The number of pyridine rings is 1. The summed E-state index contributed by atoms with van der Waals surface area (Å²) in [6.07, 6.45) is 3.46. The van der Waals surface area contributed by atoms with E-state index in [1.807, 2.05) is 0 Å². The Bertz CT molecular complexity index is 1350. The quantitative estimate of drug-likeness (QED) is 0.612. The van der Waals surface area contributed by atoms with Crippen LogP contribution in [-0.2, 0) is 13.1 Å². The van der Waals surface area contributed by atoms with Gasteiger partial charge in [-0.25, -0.2) is 4.98 Å². The molecular weight excluding hydrogens is 434 g/mol. The summed E-state index contributed by atoms with van der Waals surface area (Å²) in [6.45, 7) is 7.27. The summed E-state index contributed by atoms with van der Waals surface area (Å²) in [4.78, 5) is 31.6. The fourth-order valence-electron chi connectivity index (χ4n) is 5.55. The first kappa shape index (κ1) is 21.4. The molecule has 34 heavy (non-hydrogen) atoms. The number of likely N-dealkylation sites (tertiary alicyclic amines) is 1. The smallest absolute Gasteiger partial charge is 0.270 e. The van der Waals surface area contributed by atoms with Crippen LogP contribution >= 0.6 is 0 Å². The monoisotopic (exact) mass is 463 g/mol. The summed E-state index contributed by atoms with van der Waals surface area (Å²) in [7, 11) is 0. The van der Waals surface area contributed by atoms with Gasteiger partial charge in [0.25, 0.3) is 11.1 Å². The molecule has 9 heteroatoms. The third-order valence-corrected chi connectivity index (χ3v) is 7.21. The molecule has 0 unspecified atom stereocenters. The van der Waals surface area contributed by atoms with Crippen molar-refractivity contribution in [3.05, 3.63) is 62.3 Å². The number of hydrogen-bond donors (Lipinski definition) is 1. The minimum atomic E-state index is -0.138. The Labute approximate surface area is 196 Å². The van der Waals surface area contributed by atoms with Crippen LogP contribution in [0, 0.1) is 6.92 Å². The normalized spacial score (nSPS) is 20.2. The van der Waals surface area contributed by atoms with E-state index in [2.05, 4.69) is 34.3 Å². The highest BCUT2D eigenvalue weighted by Crippen LogP contribution is 2.34. The van der Waals surface area contributed by atoms with E-state index in [4.69, 9.17) is 9.47 Å². The SMILES string of the molecule is Cc1cc(CNC2CCN(C[C@@H]3Cn4c(=O)ccc5ncc(=O)n3c54)CC2)cc2c1OCCO2. The molecule has 0 radical (unpaired) electrons. The summed E-state index contributed by atoms with van der Waals surface area (Å²) < 4.78 is 14.9. The average molecular weight is 464 g/mol. The van der Waals surface area contributed by atoms with Crippen molar-refractivity contribution in [3.8, 4) is 11.5 Å². The van der Waals surface area contributed by atoms with Gasteiger partial charge >= 0.3 is 0 Å². The molecule has 1 atom stereocenters. The van der Waals surface area contributed by atoms with Crippen LogP contribution in [0.4, 0.5) is 0 Å². The zero-order valence-corrected chi connectivity index (χ0v) is 19.3. The van der Waals surface area contributed by atoms with E-state index in [-0.39, 0.29) is 17.2 Å². The van der Waals surface area contributed by atoms with Gasteiger partial charge in [-0.1, -0.05) is 6.07 Å². The van der Waals surface area contributed by atoms with Crippen molar-refractivity contribution < 1.29 is 9.47 Å². The van der Waals surface area contributed by atoms with E-state index in [1.165, 1.54) is 17.8 Å². The highest BCUT2D eigenvalue weighted by atomic mass is 16.6. The predicted octanol–water partition coefficient (Wildman–Crippen LogP) is 1.45. The van der Waals surface area contributed by atoms with Gasteiger partial charge in [-0.15, -0.1) is 0 Å². The van der Waals surface area contributed by atoms with Gasteiger partial charge in [-0.3, -0.25) is 18.7 Å². The topological polar surface area (TPSA) is 90.6 Å². The van der Waals surface area contributed by atoms with E-state index in [9.17, 15) is 9.59 Å². The van der Waals surface area contributed by atoms with Crippen LogP contribution in [0.1, 0.15) is 30.0 Å². The molecule has 3 aliphatic heterocycles. The van der Waals surface area contributed by atoms with Crippen LogP contribution in [0.2, 0.25) is 0 Å². The first-order chi connectivity index (χ1) is 16.6. The number of ether oxygens (including phenoxy) is 2. The number of aryl methyl sites for hydroxylation is 1. The van der Waals surface area contributed by atoms with Gasteiger partial charge in [0.1, 0.15) is 24.4 Å². The fourth-order valence-corrected chi connectivity index (χ4v) is 5.55. The third kappa shape index (κ3) is 3.78. The Morgan fingerprint density at radius 3 is 2.76 bits per heavy atom. The molecule has 0 aliphatic carbocycles. The maximum absolute atomic E-state index is 12.6. The van der Waals surface area contributed by atoms with Crippen LogP contribution in [-0.4, -0.2) is 57.9 Å². The molecule has 178 valence electrons. The minimum Gasteiger partial charge on any atom is -0.486 e. The molecule has 0 saturated carbocycles. The van der Waals surface area contributed by atoms with Crippen molar-refractivity contribution in [2.24, 2.45) is 0 Å². The Morgan fingerprint density at radius 1 is 1.09 bits per heavy atom. The lowest BCUT2D eigenvalue weighted by atomic mass is 10.0. The van der Waals surface area contributed by atoms with Crippen molar-refractivity contribution in [1.29, 1.82) is 0 Å². The molecule has 6 rings (SSSR count). The largest absolute Gasteiger partial charge is 0.486 e. The predicted molar refractivity (Wildman–Crippen MR) is 128 cm³/mol. The Morgan fingerprint density at radius 2 is 1.91 bits per heavy atom. The number of nitrogens with zero attached hydrogens (tertiary/aromatic N) is 4. The standard InChI is InChI=1S/C25H29N5O4/c1-16-10-17(11-21-24(16)34-9-8-33-21)12-26-18-4-6-28(7-5-18)14-19-15-29-22(31)3-2-20-25(29)30(19)23(32)13-27-20/h2-3,10-11,13,18-19,26H,4-9,12,14-15H2,1H3/t19-/m1/s1. The van der Waals surface area contributed by atoms with Gasteiger partial charge in [-0.05, 0) is 56.1 Å². The number of rotatable bonds is 5. The van der Waals surface area contributed by atoms with E-state index >= 15 is 0 Å². The molecule has 1 N–H and O–H groups in total. The van der Waals surface area contributed by atoms with Crippen molar-refractivity contribution in [2.45, 2.75) is 44.9 Å². The first-order valence-electron chi connectivity index (χ1n) is 12.0. The van der Waals surface area contributed by atoms with Crippen molar-refractivity contribution in [3.63, 3.8) is 0 Å². The van der Waals surface area contributed by atoms with Crippen LogP contribution in [0.25, 0.3) is 11.2 Å². The highest BCUT2D eigenvalue weighted by molar-refractivity contribution is 5.71. The van der Waals surface area contributed by atoms with E-state index < -0.39 is 0 Å². The fraction of sp³-hybridized carbons (Fsp3) is 0.480. The van der Waals surface area contributed by atoms with E-state index in [0.717, 1.165) is 56.1 Å². The van der Waals surface area contributed by atoms with Crippen molar-refractivity contribution in [1.82, 2.24) is 24.3 Å². The van der Waals surface area contributed by atoms with Gasteiger partial charge in [-0.2, -0.15) is 0 Å². The number of aromatic nitrogens is 3. The molecule has 3 aliphatic rings. The molecular formula is C25H29N5O4. The van der Waals surface area contributed by atoms with Crippen LogP contribution < -0.4 is 25.9 Å². The lowest BCUT2D eigenvalue weighted by molar-refractivity contribution is 0.169. The summed E-state index contributed by atoms with van der Waals surface area (Å²) in [6, 6.07) is 7.89. The first-order valence-corrected chi connectivity index (χ1v) is 12.0. The van der Waals surface area contributed by atoms with Gasteiger partial charge in [0.05, 0.1) is 12.2 Å². The Balaban J connectivity index is 1.07. The summed E-state index contributed by atoms with van der Waals surface area (Å²) >= 11 is 0. The van der Waals surface area contributed by atoms with Gasteiger partial charge in [0.15, 0.2) is 11.5 Å². The maximum Gasteiger partial charge on any atom is 0.270 e. The molecule has 1 saturated heterocycles. The molecule has 9 nitrogen and oxygen atoms in total. The van der Waals surface area contributed by atoms with Crippen molar-refractivity contribution in [2.75, 3.05) is 32.8 Å². The lowest BCUT2D eigenvalue weighted by Gasteiger charge is -2.34. The van der Waals surface area contributed by atoms with Crippen LogP contribution in [0.3, 0.4) is 0 Å². The second-order valence-corrected chi connectivity index (χ2v) is 9.50. The molecule has 2 aromatic heterocycles. The molecule has 0 spiro atoms. The third-order valence-electron chi connectivity index (χ3n) is 7.21. The number of hydrogen-bond acceptors (Lipinski definition) is 7. The number of nitrogens with one attached hydrogen (secondary N) is 1. The van der Waals surface area contributed by atoms with Gasteiger partial charge < -0.3 is 19.7 Å². The molecule has 1 aromatic carbocycles. The number of benzene rings is 1. The second kappa shape index (κ2) is 8.56. The minimum absolute atomic E-state index is 0.0432. The van der Waals surface area contributed by atoms with Crippen LogP contribution in [0.15, 0.2) is 40.1 Å². The molecule has 3 aromatic rings. The molecule has 0 bridgehead atoms. The zero-order chi connectivity index (χ0) is 23.2. The van der Waals surface area contributed by atoms with Gasteiger partial charge in [0, 0.05) is 31.7 Å². The van der Waals surface area contributed by atoms with E-state index in [1.54, 1.807) is 15.2 Å². The maximum atomic E-state index is 12.6. The molecule has 0 amide bonds. The molecule has 1 fully saturated rings. The Kier molecular flexibility index (Phi) is 5.38. The zero-order valence-electron chi connectivity index (χ0n) is 19.3. The molecule has 5 heterocycles. The van der Waals surface area contributed by atoms with E-state index in [0.29, 0.717) is 37.0 Å².